The van der Waals surface area contributed by atoms with Gasteiger partial charge in [-0.25, -0.2) is 0 Å². The van der Waals surface area contributed by atoms with E-state index in [9.17, 15) is 4.79 Å². The molecular weight excluding hydrogens is 146 g/mol. The summed E-state index contributed by atoms with van der Waals surface area (Å²) in [4.78, 5) is 17.7. The van der Waals surface area contributed by atoms with E-state index in [2.05, 4.69) is 5.32 Å². The van der Waals surface area contributed by atoms with Gasteiger partial charge in [0.1, 0.15) is 10.5 Å². The van der Waals surface area contributed by atoms with Crippen LogP contribution >= 0.6 is 0 Å². The van der Waals surface area contributed by atoms with Crippen LogP contribution in [0.25, 0.3) is 0 Å². The van der Waals surface area contributed by atoms with Crippen molar-refractivity contribution in [3.05, 3.63) is 0 Å². The van der Waals surface area contributed by atoms with E-state index in [-0.39, 0.29) is 5.91 Å². The largest absolute Gasteiger partial charge is 0.442 e. The van der Waals surface area contributed by atoms with Gasteiger partial charge < -0.3 is 10.1 Å². The van der Waals surface area contributed by atoms with Crippen molar-refractivity contribution in [2.45, 2.75) is 25.7 Å². The highest BCUT2D eigenvalue weighted by Crippen LogP contribution is 2.02. The summed E-state index contributed by atoms with van der Waals surface area (Å²) in [5.41, 5.74) is 0. The Morgan fingerprint density at radius 2 is 2.00 bits per heavy atom. The number of nitrogens with one attached hydrogen (secondary N) is 1. The zero-order chi connectivity index (χ0) is 7.82. The number of carbonyl (C=O) groups excluding carboxylic acids is 1. The van der Waals surface area contributed by atoms with Gasteiger partial charge in [0.25, 0.3) is 0 Å². The molecule has 0 atom stereocenters. The minimum atomic E-state index is 0.225. The van der Waals surface area contributed by atoms with Crippen molar-refractivity contribution in [3.8, 4) is 0 Å². The first-order valence-corrected chi connectivity index (χ1v) is 4.50. The molecule has 0 aliphatic carbocycles. The van der Waals surface area contributed by atoms with Gasteiger partial charge in [0.2, 0.25) is 5.91 Å². The second-order valence-electron chi connectivity index (χ2n) is 2.16. The van der Waals surface area contributed by atoms with E-state index in [1.165, 1.54) is 6.42 Å². The molecule has 60 valence electrons. The SMILES string of the molecule is O=C1CCCCCN1.O[SiH3]. The lowest BCUT2D eigenvalue weighted by Crippen LogP contribution is -2.21. The number of rotatable bonds is 0. The number of hydrogen-bond donors (Lipinski definition) is 2. The highest BCUT2D eigenvalue weighted by atomic mass is 28.2. The van der Waals surface area contributed by atoms with Crippen LogP contribution in [-0.4, -0.2) is 27.7 Å². The monoisotopic (exact) mass is 161 g/mol. The van der Waals surface area contributed by atoms with Gasteiger partial charge in [-0.05, 0) is 12.8 Å². The average Bonchev–Trinajstić information content (AvgIpc) is 2.21. The lowest BCUT2D eigenvalue weighted by Gasteiger charge is -1.93. The van der Waals surface area contributed by atoms with Gasteiger partial charge in [-0.15, -0.1) is 0 Å². The summed E-state index contributed by atoms with van der Waals surface area (Å²) in [5, 5.41) is 2.81. The molecule has 0 radical (unpaired) electrons. The Bertz CT molecular complexity index is 87.7. The van der Waals surface area contributed by atoms with Crippen LogP contribution in [0.5, 0.6) is 0 Å². The number of amides is 1. The first-order chi connectivity index (χ1) is 4.89. The normalized spacial score (nSPS) is 18.3. The van der Waals surface area contributed by atoms with Gasteiger partial charge in [0.15, 0.2) is 0 Å². The second-order valence-corrected chi connectivity index (χ2v) is 2.16. The van der Waals surface area contributed by atoms with Crippen molar-refractivity contribution in [2.24, 2.45) is 0 Å². The van der Waals surface area contributed by atoms with E-state index in [1.54, 1.807) is 0 Å². The molecule has 0 bridgehead atoms. The Labute approximate surface area is 64.4 Å². The molecule has 0 aromatic carbocycles. The summed E-state index contributed by atoms with van der Waals surface area (Å²) >= 11 is 0. The fourth-order valence-electron chi connectivity index (χ4n) is 0.904. The van der Waals surface area contributed by atoms with Crippen LogP contribution in [0.2, 0.25) is 0 Å². The molecule has 2 N–H and O–H groups in total. The zero-order valence-electron chi connectivity index (χ0n) is 6.39. The predicted molar refractivity (Wildman–Crippen MR) is 43.6 cm³/mol. The van der Waals surface area contributed by atoms with E-state index in [0.29, 0.717) is 10.5 Å². The smallest absolute Gasteiger partial charge is 0.219 e. The van der Waals surface area contributed by atoms with Gasteiger partial charge in [-0.3, -0.25) is 4.79 Å². The van der Waals surface area contributed by atoms with E-state index < -0.39 is 0 Å². The van der Waals surface area contributed by atoms with Crippen molar-refractivity contribution < 1.29 is 9.59 Å². The first-order valence-electron chi connectivity index (χ1n) is 3.61. The van der Waals surface area contributed by atoms with Crippen LogP contribution in [0.3, 0.4) is 0 Å². The molecule has 1 saturated heterocycles. The van der Waals surface area contributed by atoms with E-state index in [4.69, 9.17) is 4.80 Å². The van der Waals surface area contributed by atoms with Crippen LogP contribution in [0.1, 0.15) is 25.7 Å². The lowest BCUT2D eigenvalue weighted by atomic mass is 10.2. The lowest BCUT2D eigenvalue weighted by molar-refractivity contribution is -0.120. The molecule has 1 amide bonds. The highest BCUT2D eigenvalue weighted by Gasteiger charge is 2.03. The predicted octanol–water partition coefficient (Wildman–Crippen LogP) is -1.06. The Morgan fingerprint density at radius 1 is 1.30 bits per heavy atom. The molecule has 1 fully saturated rings. The number of carbonyl (C=O) groups is 1. The van der Waals surface area contributed by atoms with E-state index in [0.717, 1.165) is 25.8 Å². The van der Waals surface area contributed by atoms with E-state index in [1.807, 2.05) is 0 Å². The third-order valence-corrected chi connectivity index (χ3v) is 1.40. The van der Waals surface area contributed by atoms with Gasteiger partial charge in [0.05, 0.1) is 0 Å². The van der Waals surface area contributed by atoms with Crippen LogP contribution in [0.15, 0.2) is 0 Å². The topological polar surface area (TPSA) is 49.3 Å². The molecule has 0 aromatic rings. The first kappa shape index (κ1) is 9.65. The quantitative estimate of drug-likeness (QED) is 0.445. The maximum absolute atomic E-state index is 10.6. The summed E-state index contributed by atoms with van der Waals surface area (Å²) < 4.78 is 0. The van der Waals surface area contributed by atoms with Crippen LogP contribution in [0, 0.1) is 0 Å². The third-order valence-electron chi connectivity index (χ3n) is 1.40. The zero-order valence-corrected chi connectivity index (χ0v) is 8.39. The Kier molecular flexibility index (Phi) is 6.52. The summed E-state index contributed by atoms with van der Waals surface area (Å²) in [6.07, 6.45) is 4.18. The fraction of sp³-hybridized carbons (Fsp3) is 0.833. The second kappa shape index (κ2) is 6.76. The maximum atomic E-state index is 10.6. The molecular formula is C6H15NO2Si. The maximum Gasteiger partial charge on any atom is 0.219 e. The average molecular weight is 161 g/mol. The van der Waals surface area contributed by atoms with Gasteiger partial charge in [-0.1, -0.05) is 6.42 Å². The molecule has 0 saturated carbocycles. The van der Waals surface area contributed by atoms with Gasteiger partial charge in [-0.2, -0.15) is 0 Å². The van der Waals surface area contributed by atoms with Crippen molar-refractivity contribution in [2.75, 3.05) is 6.54 Å². The summed E-state index contributed by atoms with van der Waals surface area (Å²) in [6, 6.07) is 0. The van der Waals surface area contributed by atoms with Gasteiger partial charge in [0, 0.05) is 13.0 Å². The van der Waals surface area contributed by atoms with Crippen LogP contribution in [0.4, 0.5) is 0 Å². The highest BCUT2D eigenvalue weighted by molar-refractivity contribution is 5.95. The molecule has 1 rings (SSSR count). The molecule has 4 heteroatoms. The summed E-state index contributed by atoms with van der Waals surface area (Å²) in [6.45, 7) is 0.888. The molecule has 0 spiro atoms. The minimum Gasteiger partial charge on any atom is -0.442 e. The summed E-state index contributed by atoms with van der Waals surface area (Å²) in [5.74, 6) is 0.225. The van der Waals surface area contributed by atoms with Gasteiger partial charge >= 0.3 is 0 Å². The number of hydrogen-bond acceptors (Lipinski definition) is 2. The van der Waals surface area contributed by atoms with Crippen LogP contribution < -0.4 is 5.32 Å². The Balaban J connectivity index is 0.000000371. The van der Waals surface area contributed by atoms with E-state index >= 15 is 0 Å². The van der Waals surface area contributed by atoms with Crippen molar-refractivity contribution in [3.63, 3.8) is 0 Å². The molecule has 0 aromatic heterocycles. The molecule has 1 heterocycles. The van der Waals surface area contributed by atoms with Crippen molar-refractivity contribution >= 4 is 16.4 Å². The summed E-state index contributed by atoms with van der Waals surface area (Å²) in [7, 11) is 0.306. The molecule has 3 nitrogen and oxygen atoms in total. The molecule has 1 aliphatic heterocycles. The molecule has 0 unspecified atom stereocenters. The molecule has 1 aliphatic rings. The Hall–Kier alpha value is -0.353. The van der Waals surface area contributed by atoms with Crippen molar-refractivity contribution in [1.82, 2.24) is 5.32 Å². The molecule has 10 heavy (non-hydrogen) atoms. The third kappa shape index (κ3) is 4.52. The van der Waals surface area contributed by atoms with Crippen molar-refractivity contribution in [1.29, 1.82) is 0 Å². The Morgan fingerprint density at radius 3 is 2.70 bits per heavy atom. The fourth-order valence-corrected chi connectivity index (χ4v) is 0.904. The van der Waals surface area contributed by atoms with Crippen LogP contribution in [-0.2, 0) is 4.79 Å². The standard InChI is InChI=1S/C6H11NO.H4OSi/c8-6-4-2-1-3-5-7-6;1-2/h1-5H2,(H,7,8);1H,2H3. The minimum absolute atomic E-state index is 0.225.